The lowest BCUT2D eigenvalue weighted by Crippen LogP contribution is -1.89. The number of thiazole rings is 1. The number of aryl methyl sites for hydroxylation is 2. The number of rotatable bonds is 1. The molecule has 0 aliphatic carbocycles. The summed E-state index contributed by atoms with van der Waals surface area (Å²) in [5, 5.41) is 24.6. The van der Waals surface area contributed by atoms with Gasteiger partial charge in [-0.15, -0.1) is 24.0 Å². The van der Waals surface area contributed by atoms with Gasteiger partial charge in [-0.3, -0.25) is 0 Å². The number of nitrogens with zero attached hydrogens (tertiary/aromatic N) is 4. The third-order valence-electron chi connectivity index (χ3n) is 3.35. The zero-order chi connectivity index (χ0) is 20.2. The van der Waals surface area contributed by atoms with Gasteiger partial charge in [0.05, 0.1) is 34.8 Å². The van der Waals surface area contributed by atoms with Crippen molar-refractivity contribution in [3.8, 4) is 18.2 Å². The van der Waals surface area contributed by atoms with Gasteiger partial charge in [0.25, 0.3) is 0 Å². The summed E-state index contributed by atoms with van der Waals surface area (Å²) in [5.74, 6) is 0. The van der Waals surface area contributed by atoms with Gasteiger partial charge < -0.3 is 5.73 Å². The first kappa shape index (κ1) is 22.0. The Morgan fingerprint density at radius 1 is 1.00 bits per heavy atom. The number of hydrogen-bond acceptors (Lipinski definition) is 7. The summed E-state index contributed by atoms with van der Waals surface area (Å²) in [5.41, 5.74) is 9.69. The van der Waals surface area contributed by atoms with E-state index in [1.165, 1.54) is 10.3 Å². The maximum atomic E-state index is 8.53. The van der Waals surface area contributed by atoms with E-state index in [4.69, 9.17) is 21.5 Å². The minimum atomic E-state index is 0. The summed E-state index contributed by atoms with van der Waals surface area (Å²) in [6.45, 7) is 4.01. The number of para-hydroxylation sites is 2. The highest BCUT2D eigenvalue weighted by atomic mass is 32.1. The van der Waals surface area contributed by atoms with Gasteiger partial charge in [-0.1, -0.05) is 24.3 Å². The van der Waals surface area contributed by atoms with E-state index in [0.29, 0.717) is 6.42 Å². The van der Waals surface area contributed by atoms with Crippen molar-refractivity contribution in [1.29, 1.82) is 15.8 Å². The van der Waals surface area contributed by atoms with E-state index in [1.54, 1.807) is 23.5 Å². The molecule has 0 spiro atoms. The molecule has 0 aliphatic rings. The Morgan fingerprint density at radius 2 is 1.63 bits per heavy atom. The molecule has 2 N–H and O–H groups in total. The van der Waals surface area contributed by atoms with E-state index >= 15 is 0 Å². The topological polar surface area (TPSA) is 110 Å². The normalized spacial score (nSPS) is 8.89. The Morgan fingerprint density at radius 3 is 2.11 bits per heavy atom. The van der Waals surface area contributed by atoms with Crippen LogP contribution in [-0.2, 0) is 6.42 Å². The maximum Gasteiger partial charge on any atom is 0.122 e. The number of anilines is 1. The zero-order valence-electron chi connectivity index (χ0n) is 15.1. The molecule has 27 heavy (non-hydrogen) atoms. The summed E-state index contributed by atoms with van der Waals surface area (Å²) in [6, 6.07) is 17.3. The first-order chi connectivity index (χ1) is 12.9. The second-order valence-corrected chi connectivity index (χ2v) is 6.96. The average molecular weight is 394 g/mol. The fraction of sp³-hybridized carbons (Fsp3) is 0.200. The van der Waals surface area contributed by atoms with Gasteiger partial charge in [0, 0.05) is 10.6 Å². The van der Waals surface area contributed by atoms with Gasteiger partial charge in [-0.05, 0) is 37.1 Å². The molecule has 1 heterocycles. The smallest absolute Gasteiger partial charge is 0.122 e. The molecule has 0 amide bonds. The van der Waals surface area contributed by atoms with Crippen LogP contribution in [0.25, 0.3) is 10.2 Å². The number of hydrogen-bond donors (Lipinski definition) is 2. The SMILES string of the molecule is Cc1cccc(S)c1N.Cc1cccc2sc(CC#N)nc12.N#CCC#N. The van der Waals surface area contributed by atoms with Crippen LogP contribution in [0, 0.1) is 47.8 Å². The van der Waals surface area contributed by atoms with Crippen LogP contribution in [0.1, 0.15) is 22.6 Å². The molecular formula is C20H19N5S2. The molecule has 5 nitrogen and oxygen atoms in total. The lowest BCUT2D eigenvalue weighted by molar-refractivity contribution is 1.21. The Labute approximate surface area is 168 Å². The predicted octanol–water partition coefficient (Wildman–Crippen LogP) is 4.96. The Hall–Kier alpha value is -3.05. The number of nitrogens with two attached hydrogens (primary N) is 1. The van der Waals surface area contributed by atoms with Crippen LogP contribution in [0.2, 0.25) is 0 Å². The maximum absolute atomic E-state index is 8.53. The predicted molar refractivity (Wildman–Crippen MR) is 112 cm³/mol. The number of benzene rings is 2. The lowest BCUT2D eigenvalue weighted by atomic mass is 10.2. The molecule has 0 unspecified atom stereocenters. The molecule has 0 fully saturated rings. The van der Waals surface area contributed by atoms with E-state index in [0.717, 1.165) is 26.7 Å². The fourth-order valence-corrected chi connectivity index (χ4v) is 3.22. The lowest BCUT2D eigenvalue weighted by Gasteiger charge is -1.99. The van der Waals surface area contributed by atoms with Crippen LogP contribution in [0.5, 0.6) is 0 Å². The van der Waals surface area contributed by atoms with E-state index in [-0.39, 0.29) is 6.42 Å². The molecule has 0 aliphatic heterocycles. The Balaban J connectivity index is 0.000000227. The van der Waals surface area contributed by atoms with Gasteiger partial charge in [0.2, 0.25) is 0 Å². The first-order valence-electron chi connectivity index (χ1n) is 7.94. The first-order valence-corrected chi connectivity index (χ1v) is 9.20. The summed E-state index contributed by atoms with van der Waals surface area (Å²) in [7, 11) is 0. The zero-order valence-corrected chi connectivity index (χ0v) is 16.8. The Bertz CT molecular complexity index is 987. The summed E-state index contributed by atoms with van der Waals surface area (Å²) >= 11 is 5.74. The van der Waals surface area contributed by atoms with Crippen molar-refractivity contribution in [2.45, 2.75) is 31.6 Å². The van der Waals surface area contributed by atoms with Crippen molar-refractivity contribution < 1.29 is 0 Å². The average Bonchev–Trinajstić information content (AvgIpc) is 3.06. The number of aromatic nitrogens is 1. The van der Waals surface area contributed by atoms with Crippen molar-refractivity contribution in [2.24, 2.45) is 0 Å². The molecule has 1 aromatic heterocycles. The fourth-order valence-electron chi connectivity index (χ4n) is 1.98. The van der Waals surface area contributed by atoms with Gasteiger partial charge in [0.1, 0.15) is 11.4 Å². The van der Waals surface area contributed by atoms with Crippen LogP contribution in [0.3, 0.4) is 0 Å². The summed E-state index contributed by atoms with van der Waals surface area (Å²) < 4.78 is 1.17. The van der Waals surface area contributed by atoms with Crippen molar-refractivity contribution >= 4 is 39.9 Å². The molecule has 0 radical (unpaired) electrons. The van der Waals surface area contributed by atoms with E-state index in [9.17, 15) is 0 Å². The number of nitrogen functional groups attached to an aromatic ring is 1. The molecule has 3 aromatic rings. The standard InChI is InChI=1S/C10H8N2S.C7H9NS.C3H2N2/c1-7-3-2-4-8-10(7)12-9(13-8)5-6-11;1-5-3-2-4-6(9)7(5)8;4-2-1-3-5/h2-4H,5H2,1H3;2-4,9H,8H2,1H3;1H2. The van der Waals surface area contributed by atoms with Crippen molar-refractivity contribution in [3.63, 3.8) is 0 Å². The summed E-state index contributed by atoms with van der Waals surface area (Å²) in [4.78, 5) is 5.25. The molecule has 0 saturated heterocycles. The van der Waals surface area contributed by atoms with Crippen LogP contribution in [0.15, 0.2) is 41.3 Å². The summed E-state index contributed by atoms with van der Waals surface area (Å²) in [6.07, 6.45) is 0.415. The number of nitriles is 3. The molecule has 3 rings (SSSR count). The minimum absolute atomic E-state index is 0. The number of thiol groups is 1. The van der Waals surface area contributed by atoms with Crippen LogP contribution >= 0.6 is 24.0 Å². The molecule has 2 aromatic carbocycles. The van der Waals surface area contributed by atoms with E-state index in [1.807, 2.05) is 50.2 Å². The molecule has 0 atom stereocenters. The third-order valence-corrected chi connectivity index (χ3v) is 4.77. The van der Waals surface area contributed by atoms with Gasteiger partial charge in [0.15, 0.2) is 0 Å². The quantitative estimate of drug-likeness (QED) is 0.448. The number of fused-ring (bicyclic) bond motifs is 1. The van der Waals surface area contributed by atoms with E-state index < -0.39 is 0 Å². The molecule has 0 bridgehead atoms. The monoisotopic (exact) mass is 393 g/mol. The highest BCUT2D eigenvalue weighted by molar-refractivity contribution is 7.80. The largest absolute Gasteiger partial charge is 0.398 e. The van der Waals surface area contributed by atoms with Crippen molar-refractivity contribution in [2.75, 3.05) is 5.73 Å². The molecular weight excluding hydrogens is 374 g/mol. The minimum Gasteiger partial charge on any atom is -0.398 e. The highest BCUT2D eigenvalue weighted by Crippen LogP contribution is 2.24. The van der Waals surface area contributed by atoms with Crippen LogP contribution in [0.4, 0.5) is 5.69 Å². The third kappa shape index (κ3) is 6.99. The molecule has 136 valence electrons. The van der Waals surface area contributed by atoms with Crippen LogP contribution < -0.4 is 5.73 Å². The second kappa shape index (κ2) is 11.5. The van der Waals surface area contributed by atoms with Gasteiger partial charge >= 0.3 is 0 Å². The van der Waals surface area contributed by atoms with Crippen molar-refractivity contribution in [1.82, 2.24) is 4.98 Å². The van der Waals surface area contributed by atoms with Crippen molar-refractivity contribution in [3.05, 3.63) is 52.5 Å². The van der Waals surface area contributed by atoms with E-state index in [2.05, 4.69) is 23.7 Å². The van der Waals surface area contributed by atoms with Crippen LogP contribution in [-0.4, -0.2) is 4.98 Å². The second-order valence-electron chi connectivity index (χ2n) is 5.36. The van der Waals surface area contributed by atoms with Gasteiger partial charge in [-0.2, -0.15) is 15.8 Å². The molecule has 0 saturated carbocycles. The molecule has 7 heteroatoms. The Kier molecular flexibility index (Phi) is 9.40. The highest BCUT2D eigenvalue weighted by Gasteiger charge is 2.04. The van der Waals surface area contributed by atoms with Gasteiger partial charge in [-0.25, -0.2) is 4.98 Å².